The number of furan rings is 2. The smallest absolute Gasteiger partial charge is 0.333 e. The Labute approximate surface area is 264 Å². The zero-order valence-corrected chi connectivity index (χ0v) is 25.0. The van der Waals surface area contributed by atoms with Crippen LogP contribution in [0.25, 0.3) is 103 Å². The average Bonchev–Trinajstić information content (AvgIpc) is 3.89. The Bertz CT molecular complexity index is 3220. The maximum Gasteiger partial charge on any atom is 0.333 e. The van der Waals surface area contributed by atoms with Gasteiger partial charge in [-0.05, 0) is 40.8 Å². The summed E-state index contributed by atoms with van der Waals surface area (Å²) in [7, 11) is 0. The molecule has 0 radical (unpaired) electrons. The molecule has 0 saturated heterocycles. The van der Waals surface area contributed by atoms with Crippen LogP contribution in [0.15, 0.2) is 124 Å². The van der Waals surface area contributed by atoms with Crippen molar-refractivity contribution in [2.75, 3.05) is 0 Å². The van der Waals surface area contributed by atoms with Crippen molar-refractivity contribution in [1.29, 1.82) is 0 Å². The Morgan fingerprint density at radius 2 is 1.30 bits per heavy atom. The second-order valence-electron chi connectivity index (χ2n) is 12.8. The second-order valence-corrected chi connectivity index (χ2v) is 13.8. The van der Waals surface area contributed by atoms with Crippen LogP contribution in [0.3, 0.4) is 0 Å². The van der Waals surface area contributed by atoms with Gasteiger partial charge in [0.15, 0.2) is 5.58 Å². The Morgan fingerprint density at radius 1 is 0.565 bits per heavy atom. The lowest BCUT2D eigenvalue weighted by molar-refractivity contribution is 0.640. The van der Waals surface area contributed by atoms with E-state index in [9.17, 15) is 0 Å². The summed E-state index contributed by atoms with van der Waals surface area (Å²) in [6.45, 7) is -0.0306. The highest BCUT2D eigenvalue weighted by Crippen LogP contribution is 2.49. The van der Waals surface area contributed by atoms with Gasteiger partial charge in [0.2, 0.25) is 5.71 Å². The zero-order chi connectivity index (χ0) is 29.4. The maximum atomic E-state index is 6.88. The number of fused-ring (bicyclic) bond motifs is 18. The van der Waals surface area contributed by atoms with Crippen LogP contribution >= 0.6 is 11.3 Å². The number of hydrogen-bond acceptors (Lipinski definition) is 3. The van der Waals surface area contributed by atoms with E-state index >= 15 is 0 Å². The minimum atomic E-state index is -0.0306. The lowest BCUT2D eigenvalue weighted by atomic mass is 9.45. The monoisotopic (exact) mass is 602 g/mol. The first kappa shape index (κ1) is 22.7. The number of thiophene rings is 1. The van der Waals surface area contributed by atoms with Gasteiger partial charge in [-0.25, -0.2) is 0 Å². The van der Waals surface area contributed by atoms with Crippen LogP contribution in [0.2, 0.25) is 0 Å². The van der Waals surface area contributed by atoms with Gasteiger partial charge in [0, 0.05) is 48.1 Å². The van der Waals surface area contributed by atoms with Gasteiger partial charge in [-0.1, -0.05) is 91.0 Å². The molecule has 6 heteroatoms. The van der Waals surface area contributed by atoms with E-state index in [2.05, 4.69) is 124 Å². The molecule has 0 amide bonds. The SMILES string of the molecule is c1ccc2c(c1)oc1c3c4c(cc12)-c1cccc2c5sc6ccccc6c5n(c12)B4c1cccc2c4c5ccccc5oc4n-3c12. The van der Waals surface area contributed by atoms with Crippen molar-refractivity contribution < 1.29 is 8.83 Å². The van der Waals surface area contributed by atoms with Crippen molar-refractivity contribution in [3.8, 4) is 16.8 Å². The van der Waals surface area contributed by atoms with Crippen LogP contribution in [-0.2, 0) is 0 Å². The molecule has 0 N–H and O–H groups in total. The summed E-state index contributed by atoms with van der Waals surface area (Å²) in [5, 5.41) is 8.43. The van der Waals surface area contributed by atoms with Crippen LogP contribution < -0.4 is 10.9 Å². The predicted molar refractivity (Wildman–Crippen MR) is 192 cm³/mol. The van der Waals surface area contributed by atoms with Crippen molar-refractivity contribution in [3.63, 3.8) is 0 Å². The van der Waals surface area contributed by atoms with E-state index in [0.717, 1.165) is 49.7 Å². The summed E-state index contributed by atoms with van der Waals surface area (Å²) in [4.78, 5) is 0. The fourth-order valence-electron chi connectivity index (χ4n) is 9.03. The molecule has 0 atom stereocenters. The fourth-order valence-corrected chi connectivity index (χ4v) is 10.2. The van der Waals surface area contributed by atoms with E-state index in [1.807, 2.05) is 11.3 Å². The van der Waals surface area contributed by atoms with Crippen LogP contribution in [0.5, 0.6) is 0 Å². The number of rotatable bonds is 0. The number of nitrogens with zero attached hydrogens (tertiary/aromatic N) is 2. The largest absolute Gasteiger partial charge is 0.454 e. The van der Waals surface area contributed by atoms with Gasteiger partial charge < -0.3 is 13.3 Å². The molecule has 210 valence electrons. The molecule has 0 aliphatic carbocycles. The summed E-state index contributed by atoms with van der Waals surface area (Å²) < 4.78 is 21.4. The van der Waals surface area contributed by atoms with Gasteiger partial charge in [-0.15, -0.1) is 11.3 Å². The molecular formula is C40H19BN2O2S. The highest BCUT2D eigenvalue weighted by molar-refractivity contribution is 7.27. The number of aromatic nitrogens is 2. The van der Waals surface area contributed by atoms with Crippen LogP contribution in [-0.4, -0.2) is 15.9 Å². The van der Waals surface area contributed by atoms with Gasteiger partial charge in [0.1, 0.15) is 11.2 Å². The van der Waals surface area contributed by atoms with Gasteiger partial charge in [-0.3, -0.25) is 4.57 Å². The molecule has 2 aliphatic rings. The molecular weight excluding hydrogens is 583 g/mol. The highest BCUT2D eigenvalue weighted by Gasteiger charge is 2.44. The first-order valence-electron chi connectivity index (χ1n) is 15.7. The van der Waals surface area contributed by atoms with E-state index in [4.69, 9.17) is 8.83 Å². The number of hydrogen-bond donors (Lipinski definition) is 0. The Kier molecular flexibility index (Phi) is 3.65. The molecule has 7 heterocycles. The summed E-state index contributed by atoms with van der Waals surface area (Å²) in [6, 6.07) is 41.8. The fraction of sp³-hybridized carbons (Fsp3) is 0. The Hall–Kier alpha value is -5.72. The van der Waals surface area contributed by atoms with Crippen LogP contribution in [0.4, 0.5) is 0 Å². The normalized spacial score (nSPS) is 13.6. The van der Waals surface area contributed by atoms with E-state index in [0.29, 0.717) is 0 Å². The van der Waals surface area contributed by atoms with Crippen molar-refractivity contribution in [2.45, 2.75) is 0 Å². The summed E-state index contributed by atoms with van der Waals surface area (Å²) >= 11 is 1.91. The molecule has 11 aromatic rings. The van der Waals surface area contributed by atoms with Crippen LogP contribution in [0, 0.1) is 0 Å². The minimum Gasteiger partial charge on any atom is -0.454 e. The summed E-state index contributed by atoms with van der Waals surface area (Å²) in [5.74, 6) is 0. The van der Waals surface area contributed by atoms with Crippen molar-refractivity contribution in [1.82, 2.24) is 9.05 Å². The third-order valence-electron chi connectivity index (χ3n) is 10.7. The molecule has 5 aromatic heterocycles. The average molecular weight is 602 g/mol. The van der Waals surface area contributed by atoms with Gasteiger partial charge in [-0.2, -0.15) is 0 Å². The van der Waals surface area contributed by atoms with Gasteiger partial charge in [0.25, 0.3) is 0 Å². The highest BCUT2D eigenvalue weighted by atomic mass is 32.1. The van der Waals surface area contributed by atoms with Gasteiger partial charge >= 0.3 is 6.85 Å². The molecule has 0 spiro atoms. The molecule has 0 fully saturated rings. The van der Waals surface area contributed by atoms with E-state index in [1.165, 1.54) is 64.2 Å². The molecule has 0 bridgehead atoms. The molecule has 0 saturated carbocycles. The molecule has 6 aromatic carbocycles. The van der Waals surface area contributed by atoms with E-state index in [1.54, 1.807) is 0 Å². The second kappa shape index (κ2) is 7.39. The number of para-hydroxylation sites is 4. The van der Waals surface area contributed by atoms with Crippen molar-refractivity contribution >= 4 is 115 Å². The molecule has 13 rings (SSSR count). The predicted octanol–water partition coefficient (Wildman–Crippen LogP) is 9.70. The lowest BCUT2D eigenvalue weighted by Gasteiger charge is -2.33. The first-order chi connectivity index (χ1) is 22.8. The summed E-state index contributed by atoms with van der Waals surface area (Å²) in [5.41, 5.74) is 13.6. The maximum absolute atomic E-state index is 6.88. The Balaban J connectivity index is 1.35. The van der Waals surface area contributed by atoms with Gasteiger partial charge in [0.05, 0.1) is 26.8 Å². The quantitative estimate of drug-likeness (QED) is 0.162. The zero-order valence-electron chi connectivity index (χ0n) is 24.2. The Morgan fingerprint density at radius 3 is 2.22 bits per heavy atom. The topological polar surface area (TPSA) is 36.1 Å². The van der Waals surface area contributed by atoms with Crippen molar-refractivity contribution in [3.05, 3.63) is 115 Å². The minimum absolute atomic E-state index is 0.0306. The van der Waals surface area contributed by atoms with E-state index < -0.39 is 0 Å². The van der Waals surface area contributed by atoms with Crippen LogP contribution in [0.1, 0.15) is 0 Å². The molecule has 0 unspecified atom stereocenters. The summed E-state index contributed by atoms with van der Waals surface area (Å²) in [6.07, 6.45) is 0. The lowest BCUT2D eigenvalue weighted by Crippen LogP contribution is -2.55. The van der Waals surface area contributed by atoms with E-state index in [-0.39, 0.29) is 6.85 Å². The standard InChI is InChI=1S/C40H19BN2O2S/c1-4-16-29-20(9-1)27-19-26-21-12-7-14-25-34(21)43(36-23-11-3-6-18-31(23)46-39(25)36)41-28-15-8-13-24-32-22-10-2-5-17-30(22)45-40(32)42(35(24)28)37(33(26)41)38(27)44-29/h1-19H. The van der Waals surface area contributed by atoms with Crippen molar-refractivity contribution in [2.24, 2.45) is 0 Å². The number of benzene rings is 6. The molecule has 4 nitrogen and oxygen atoms in total. The first-order valence-corrected chi connectivity index (χ1v) is 16.5. The molecule has 2 aliphatic heterocycles. The third-order valence-corrected chi connectivity index (χ3v) is 11.9. The molecule has 46 heavy (non-hydrogen) atoms. The third kappa shape index (κ3) is 2.33.